The summed E-state index contributed by atoms with van der Waals surface area (Å²) in [7, 11) is -7.03. The van der Waals surface area contributed by atoms with Crippen molar-refractivity contribution in [1.29, 1.82) is 0 Å². The van der Waals surface area contributed by atoms with E-state index >= 15 is 0 Å². The van der Waals surface area contributed by atoms with Crippen LogP contribution in [0, 0.1) is 0 Å². The highest BCUT2D eigenvalue weighted by Gasteiger charge is 2.29. The van der Waals surface area contributed by atoms with Crippen molar-refractivity contribution in [3.05, 3.63) is 29.3 Å². The summed E-state index contributed by atoms with van der Waals surface area (Å²) >= 11 is 5.74. The number of hydrogen-bond acceptors (Lipinski definition) is 4. The zero-order valence-corrected chi connectivity index (χ0v) is 15.3. The van der Waals surface area contributed by atoms with Gasteiger partial charge in [0.15, 0.2) is 0 Å². The summed E-state index contributed by atoms with van der Waals surface area (Å²) in [6.07, 6.45) is 4.84. The SMILES string of the molecule is CS(=O)(=O)N(CCNS(=O)(=O)c1ccc(Cl)cc1)C1CCCC1. The Labute approximate surface area is 142 Å². The number of hydrogen-bond donors (Lipinski definition) is 1. The first kappa shape index (κ1) is 18.7. The lowest BCUT2D eigenvalue weighted by Gasteiger charge is -2.26. The van der Waals surface area contributed by atoms with Gasteiger partial charge in [-0.15, -0.1) is 0 Å². The fraction of sp³-hybridized carbons (Fsp3) is 0.571. The normalized spacial score (nSPS) is 17.0. The number of benzene rings is 1. The van der Waals surface area contributed by atoms with Crippen LogP contribution in [0.5, 0.6) is 0 Å². The van der Waals surface area contributed by atoms with Crippen LogP contribution in [0.15, 0.2) is 29.2 Å². The largest absolute Gasteiger partial charge is 0.240 e. The molecule has 2 rings (SSSR count). The predicted octanol–water partition coefficient (Wildman–Crippen LogP) is 1.82. The van der Waals surface area contributed by atoms with E-state index in [1.807, 2.05) is 0 Å². The molecule has 0 bridgehead atoms. The van der Waals surface area contributed by atoms with Crippen LogP contribution in [0.25, 0.3) is 0 Å². The molecule has 0 atom stereocenters. The Morgan fingerprint density at radius 2 is 1.70 bits per heavy atom. The van der Waals surface area contributed by atoms with Gasteiger partial charge < -0.3 is 0 Å². The quantitative estimate of drug-likeness (QED) is 0.782. The predicted molar refractivity (Wildman–Crippen MR) is 90.4 cm³/mol. The molecule has 0 amide bonds. The monoisotopic (exact) mass is 380 g/mol. The molecule has 1 saturated carbocycles. The Morgan fingerprint density at radius 1 is 1.13 bits per heavy atom. The molecule has 0 unspecified atom stereocenters. The van der Waals surface area contributed by atoms with Gasteiger partial charge in [-0.3, -0.25) is 0 Å². The zero-order valence-electron chi connectivity index (χ0n) is 12.9. The molecule has 1 aliphatic carbocycles. The molecule has 1 aromatic carbocycles. The molecule has 1 aromatic rings. The lowest BCUT2D eigenvalue weighted by Crippen LogP contribution is -2.43. The van der Waals surface area contributed by atoms with Crippen molar-refractivity contribution in [2.75, 3.05) is 19.3 Å². The van der Waals surface area contributed by atoms with E-state index in [0.717, 1.165) is 25.7 Å². The van der Waals surface area contributed by atoms with Crippen LogP contribution in [0.4, 0.5) is 0 Å². The topological polar surface area (TPSA) is 83.6 Å². The minimum absolute atomic E-state index is 0.0231. The molecule has 0 radical (unpaired) electrons. The van der Waals surface area contributed by atoms with E-state index in [-0.39, 0.29) is 24.0 Å². The van der Waals surface area contributed by atoms with Crippen molar-refractivity contribution in [3.8, 4) is 0 Å². The van der Waals surface area contributed by atoms with Gasteiger partial charge in [-0.1, -0.05) is 24.4 Å². The maximum absolute atomic E-state index is 12.2. The molecule has 0 spiro atoms. The van der Waals surface area contributed by atoms with Gasteiger partial charge in [-0.2, -0.15) is 4.31 Å². The van der Waals surface area contributed by atoms with Gasteiger partial charge in [0.25, 0.3) is 0 Å². The molecule has 1 fully saturated rings. The third-order valence-corrected chi connectivity index (χ3v) is 6.97. The molecule has 0 heterocycles. The van der Waals surface area contributed by atoms with Crippen LogP contribution in [-0.4, -0.2) is 46.5 Å². The summed E-state index contributed by atoms with van der Waals surface area (Å²) in [6, 6.07) is 5.80. The maximum Gasteiger partial charge on any atom is 0.240 e. The van der Waals surface area contributed by atoms with Crippen LogP contribution in [0.3, 0.4) is 0 Å². The fourth-order valence-corrected chi connectivity index (χ4v) is 5.12. The van der Waals surface area contributed by atoms with Crippen molar-refractivity contribution in [1.82, 2.24) is 9.03 Å². The van der Waals surface area contributed by atoms with Crippen molar-refractivity contribution >= 4 is 31.6 Å². The molecule has 6 nitrogen and oxygen atoms in total. The van der Waals surface area contributed by atoms with Crippen molar-refractivity contribution in [2.24, 2.45) is 0 Å². The van der Waals surface area contributed by atoms with E-state index in [4.69, 9.17) is 11.6 Å². The molecule has 9 heteroatoms. The summed E-state index contributed by atoms with van der Waals surface area (Å²) in [5, 5.41) is 0.452. The molecule has 1 N–H and O–H groups in total. The Morgan fingerprint density at radius 3 is 2.22 bits per heavy atom. The van der Waals surface area contributed by atoms with Crippen LogP contribution in [0.2, 0.25) is 5.02 Å². The first-order valence-corrected chi connectivity index (χ1v) is 11.1. The van der Waals surface area contributed by atoms with Crippen LogP contribution < -0.4 is 4.72 Å². The van der Waals surface area contributed by atoms with Crippen LogP contribution >= 0.6 is 11.6 Å². The van der Waals surface area contributed by atoms with Gasteiger partial charge in [-0.05, 0) is 37.1 Å². The minimum Gasteiger partial charge on any atom is -0.212 e. The highest BCUT2D eigenvalue weighted by atomic mass is 35.5. The zero-order chi connectivity index (χ0) is 17.1. The maximum atomic E-state index is 12.2. The van der Waals surface area contributed by atoms with E-state index < -0.39 is 20.0 Å². The molecule has 1 aliphatic rings. The smallest absolute Gasteiger partial charge is 0.212 e. The van der Waals surface area contributed by atoms with Gasteiger partial charge in [0, 0.05) is 24.2 Å². The molecular formula is C14H21ClN2O4S2. The number of nitrogens with zero attached hydrogens (tertiary/aromatic N) is 1. The molecule has 23 heavy (non-hydrogen) atoms. The van der Waals surface area contributed by atoms with Gasteiger partial charge in [0.1, 0.15) is 0 Å². The van der Waals surface area contributed by atoms with Crippen molar-refractivity contribution in [2.45, 2.75) is 36.6 Å². The summed E-state index contributed by atoms with van der Waals surface area (Å²) in [4.78, 5) is 0.105. The Hall–Kier alpha value is -0.670. The summed E-state index contributed by atoms with van der Waals surface area (Å²) in [5.74, 6) is 0. The number of sulfonamides is 2. The van der Waals surface area contributed by atoms with E-state index in [1.165, 1.54) is 34.8 Å². The van der Waals surface area contributed by atoms with Gasteiger partial charge in [0.05, 0.1) is 11.2 Å². The van der Waals surface area contributed by atoms with E-state index in [9.17, 15) is 16.8 Å². The van der Waals surface area contributed by atoms with E-state index in [0.29, 0.717) is 5.02 Å². The minimum atomic E-state index is -3.67. The summed E-state index contributed by atoms with van der Waals surface area (Å²) in [5.41, 5.74) is 0. The highest BCUT2D eigenvalue weighted by Crippen LogP contribution is 2.25. The van der Waals surface area contributed by atoms with Crippen molar-refractivity contribution in [3.63, 3.8) is 0 Å². The number of halogens is 1. The first-order chi connectivity index (χ1) is 10.7. The van der Waals surface area contributed by atoms with E-state index in [2.05, 4.69) is 4.72 Å². The van der Waals surface area contributed by atoms with Crippen LogP contribution in [-0.2, 0) is 20.0 Å². The van der Waals surface area contributed by atoms with Gasteiger partial charge in [-0.25, -0.2) is 21.6 Å². The van der Waals surface area contributed by atoms with Gasteiger partial charge >= 0.3 is 0 Å². The summed E-state index contributed by atoms with van der Waals surface area (Å²) < 4.78 is 52.0. The molecule has 0 saturated heterocycles. The number of nitrogens with one attached hydrogen (secondary N) is 1. The standard InChI is InChI=1S/C14H21ClN2O4S2/c1-22(18,19)17(13-4-2-3-5-13)11-10-16-23(20,21)14-8-6-12(15)7-9-14/h6-9,13,16H,2-5,10-11H2,1H3. The molecule has 130 valence electrons. The molecule has 0 aliphatic heterocycles. The third kappa shape index (κ3) is 5.15. The average Bonchev–Trinajstić information content (AvgIpc) is 2.96. The lowest BCUT2D eigenvalue weighted by molar-refractivity contribution is 0.328. The molecule has 0 aromatic heterocycles. The third-order valence-electron chi connectivity index (χ3n) is 3.91. The number of rotatable bonds is 7. The Balaban J connectivity index is 2.00. The Bertz CT molecular complexity index is 727. The molecular weight excluding hydrogens is 360 g/mol. The fourth-order valence-electron chi connectivity index (χ4n) is 2.80. The second-order valence-electron chi connectivity index (χ2n) is 5.66. The summed E-state index contributed by atoms with van der Waals surface area (Å²) in [6.45, 7) is 0.171. The highest BCUT2D eigenvalue weighted by molar-refractivity contribution is 7.89. The lowest BCUT2D eigenvalue weighted by atomic mass is 10.2. The second-order valence-corrected chi connectivity index (χ2v) is 9.80. The van der Waals surface area contributed by atoms with Crippen molar-refractivity contribution < 1.29 is 16.8 Å². The van der Waals surface area contributed by atoms with Gasteiger partial charge in [0.2, 0.25) is 20.0 Å². The van der Waals surface area contributed by atoms with Crippen LogP contribution in [0.1, 0.15) is 25.7 Å². The van der Waals surface area contributed by atoms with E-state index in [1.54, 1.807) is 0 Å². The first-order valence-electron chi connectivity index (χ1n) is 7.42. The Kier molecular flexibility index (Phi) is 6.07. The average molecular weight is 381 g/mol. The second kappa shape index (κ2) is 7.48.